The molecule has 0 unspecified atom stereocenters. The van der Waals surface area contributed by atoms with Crippen LogP contribution in [0.15, 0.2) is 54.6 Å². The van der Waals surface area contributed by atoms with Gasteiger partial charge in [-0.15, -0.1) is 0 Å². The lowest BCUT2D eigenvalue weighted by atomic mass is 10.1. The molecule has 2 aromatic rings. The summed E-state index contributed by atoms with van der Waals surface area (Å²) in [6.07, 6.45) is 4.62. The van der Waals surface area contributed by atoms with E-state index in [-0.39, 0.29) is 6.42 Å². The van der Waals surface area contributed by atoms with E-state index in [2.05, 4.69) is 47.8 Å². The Morgan fingerprint density at radius 3 is 2.03 bits per heavy atom. The van der Waals surface area contributed by atoms with Crippen molar-refractivity contribution >= 4 is 11.9 Å². The van der Waals surface area contributed by atoms with E-state index in [4.69, 9.17) is 19.7 Å². The fourth-order valence-electron chi connectivity index (χ4n) is 3.32. The van der Waals surface area contributed by atoms with Crippen molar-refractivity contribution in [3.63, 3.8) is 0 Å². The predicted octanol–water partition coefficient (Wildman–Crippen LogP) is 5.89. The number of carbonyl (C=O) groups is 2. The molecule has 0 saturated carbocycles. The molecule has 36 heavy (non-hydrogen) atoms. The molecule has 0 radical (unpaired) electrons. The van der Waals surface area contributed by atoms with Crippen LogP contribution >= 0.6 is 0 Å². The van der Waals surface area contributed by atoms with Gasteiger partial charge in [-0.25, -0.2) is 4.79 Å². The highest BCUT2D eigenvalue weighted by Gasteiger charge is 2.38. The van der Waals surface area contributed by atoms with E-state index in [1.165, 1.54) is 49.7 Å². The predicted molar refractivity (Wildman–Crippen MR) is 132 cm³/mol. The van der Waals surface area contributed by atoms with Gasteiger partial charge in [0.25, 0.3) is 0 Å². The van der Waals surface area contributed by atoms with Crippen molar-refractivity contribution < 1.29 is 37.7 Å². The minimum Gasteiger partial charge on any atom is -0.494 e. The summed E-state index contributed by atoms with van der Waals surface area (Å²) >= 11 is 0. The van der Waals surface area contributed by atoms with E-state index in [0.717, 1.165) is 31.7 Å². The fraction of sp³-hybridized carbons (Fsp3) is 0.481. The summed E-state index contributed by atoms with van der Waals surface area (Å²) in [4.78, 5) is 19.4. The second kappa shape index (κ2) is 18.2. The minimum atomic E-state index is -5.08. The molecule has 9 heteroatoms. The van der Waals surface area contributed by atoms with E-state index >= 15 is 0 Å². The monoisotopic (exact) mass is 511 g/mol. The number of aliphatic carboxylic acids is 2. The van der Waals surface area contributed by atoms with Gasteiger partial charge in [-0.05, 0) is 55.5 Å². The smallest absolute Gasteiger partial charge is 0.490 e. The van der Waals surface area contributed by atoms with Gasteiger partial charge in [0.2, 0.25) is 0 Å². The SMILES string of the molecule is O=C(O)C(F)(F)F.O=C(O)CCNCCc1cccc(OCCCCCCCCc2ccccc2)c1. The molecule has 6 nitrogen and oxygen atoms in total. The van der Waals surface area contributed by atoms with Gasteiger partial charge >= 0.3 is 18.1 Å². The zero-order valence-corrected chi connectivity index (χ0v) is 20.4. The third-order valence-corrected chi connectivity index (χ3v) is 5.22. The first kappa shape index (κ1) is 31.0. The lowest BCUT2D eigenvalue weighted by molar-refractivity contribution is -0.192. The average molecular weight is 512 g/mol. The molecule has 0 spiro atoms. The fourth-order valence-corrected chi connectivity index (χ4v) is 3.32. The highest BCUT2D eigenvalue weighted by molar-refractivity contribution is 5.73. The number of halogens is 3. The number of alkyl halides is 3. The Bertz CT molecular complexity index is 875. The topological polar surface area (TPSA) is 95.9 Å². The number of carboxylic acids is 2. The molecule has 0 aliphatic rings. The minimum absolute atomic E-state index is 0.163. The Hall–Kier alpha value is -3.07. The standard InChI is InChI=1S/C25H35NO3.C2HF3O2/c27-25(28)17-19-26-18-16-23-14-10-15-24(21-23)29-20-9-4-2-1-3-6-11-22-12-7-5-8-13-22;3-2(4,5)1(6)7/h5,7-8,10,12-15,21,26H,1-4,6,9,11,16-20H2,(H,27,28);(H,6,7). The summed E-state index contributed by atoms with van der Waals surface area (Å²) in [7, 11) is 0. The number of rotatable bonds is 16. The zero-order chi connectivity index (χ0) is 26.7. The maximum Gasteiger partial charge on any atom is 0.490 e. The summed E-state index contributed by atoms with van der Waals surface area (Å²) in [6, 6.07) is 18.9. The van der Waals surface area contributed by atoms with Crippen molar-refractivity contribution in [2.45, 2.75) is 64.0 Å². The molecule has 0 fully saturated rings. The Balaban J connectivity index is 0.000000809. The lowest BCUT2D eigenvalue weighted by Crippen LogP contribution is -2.21. The second-order valence-electron chi connectivity index (χ2n) is 8.30. The number of unbranched alkanes of at least 4 members (excludes halogenated alkanes) is 5. The molecule has 2 rings (SSSR count). The first-order valence-corrected chi connectivity index (χ1v) is 12.2. The number of benzene rings is 2. The molecule has 0 heterocycles. The molecule has 0 aliphatic heterocycles. The van der Waals surface area contributed by atoms with Crippen LogP contribution in [0.1, 0.15) is 56.1 Å². The zero-order valence-electron chi connectivity index (χ0n) is 20.4. The number of carboxylic acid groups (broad SMARTS) is 2. The molecule has 0 amide bonds. The summed E-state index contributed by atoms with van der Waals surface area (Å²) in [5, 5.41) is 18.9. The molecule has 0 aromatic heterocycles. The van der Waals surface area contributed by atoms with Crippen LogP contribution in [0.4, 0.5) is 13.2 Å². The van der Waals surface area contributed by atoms with Crippen LogP contribution in [0.5, 0.6) is 5.75 Å². The Labute approximate surface area is 210 Å². The van der Waals surface area contributed by atoms with E-state index < -0.39 is 18.1 Å². The van der Waals surface area contributed by atoms with Crippen LogP contribution in [0, 0.1) is 0 Å². The molecular weight excluding hydrogens is 475 g/mol. The average Bonchev–Trinajstić information content (AvgIpc) is 2.83. The molecular formula is C27H36F3NO5. The van der Waals surface area contributed by atoms with E-state index in [0.29, 0.717) is 6.54 Å². The Morgan fingerprint density at radius 2 is 1.39 bits per heavy atom. The highest BCUT2D eigenvalue weighted by atomic mass is 19.4. The van der Waals surface area contributed by atoms with Gasteiger partial charge < -0.3 is 20.3 Å². The van der Waals surface area contributed by atoms with Gasteiger partial charge in [-0.2, -0.15) is 13.2 Å². The van der Waals surface area contributed by atoms with Gasteiger partial charge in [0.15, 0.2) is 0 Å². The first-order chi connectivity index (χ1) is 17.2. The van der Waals surface area contributed by atoms with Crippen LogP contribution in [0.2, 0.25) is 0 Å². The number of nitrogens with one attached hydrogen (secondary N) is 1. The molecule has 0 saturated heterocycles. The van der Waals surface area contributed by atoms with Crippen molar-refractivity contribution in [3.8, 4) is 5.75 Å². The second-order valence-corrected chi connectivity index (χ2v) is 8.30. The number of hydrogen-bond acceptors (Lipinski definition) is 4. The van der Waals surface area contributed by atoms with Crippen molar-refractivity contribution in [2.24, 2.45) is 0 Å². The molecule has 0 aliphatic carbocycles. The van der Waals surface area contributed by atoms with Crippen LogP contribution < -0.4 is 10.1 Å². The number of aryl methyl sites for hydroxylation is 1. The lowest BCUT2D eigenvalue weighted by Gasteiger charge is -2.09. The van der Waals surface area contributed by atoms with Crippen molar-refractivity contribution in [1.82, 2.24) is 5.32 Å². The summed E-state index contributed by atoms with van der Waals surface area (Å²) in [5.41, 5.74) is 2.66. The molecule has 0 atom stereocenters. The molecule has 2 aromatic carbocycles. The summed E-state index contributed by atoms with van der Waals surface area (Å²) in [5.74, 6) is -2.59. The van der Waals surface area contributed by atoms with Gasteiger partial charge in [0.1, 0.15) is 5.75 Å². The van der Waals surface area contributed by atoms with Gasteiger partial charge in [0.05, 0.1) is 13.0 Å². The molecule has 3 N–H and O–H groups in total. The quantitative estimate of drug-likeness (QED) is 0.243. The Morgan fingerprint density at radius 1 is 0.778 bits per heavy atom. The van der Waals surface area contributed by atoms with Gasteiger partial charge in [-0.1, -0.05) is 68.1 Å². The number of hydrogen-bond donors (Lipinski definition) is 3. The third kappa shape index (κ3) is 16.5. The van der Waals surface area contributed by atoms with Gasteiger partial charge in [0, 0.05) is 6.54 Å². The summed E-state index contributed by atoms with van der Waals surface area (Å²) in [6.45, 7) is 2.06. The first-order valence-electron chi connectivity index (χ1n) is 12.2. The van der Waals surface area contributed by atoms with Crippen LogP contribution in [-0.4, -0.2) is 48.0 Å². The Kier molecular flexibility index (Phi) is 15.7. The third-order valence-electron chi connectivity index (χ3n) is 5.22. The maximum absolute atomic E-state index is 10.6. The van der Waals surface area contributed by atoms with Crippen molar-refractivity contribution in [3.05, 3.63) is 65.7 Å². The van der Waals surface area contributed by atoms with Crippen molar-refractivity contribution in [2.75, 3.05) is 19.7 Å². The van der Waals surface area contributed by atoms with Gasteiger partial charge in [-0.3, -0.25) is 4.79 Å². The van der Waals surface area contributed by atoms with Crippen LogP contribution in [-0.2, 0) is 22.4 Å². The van der Waals surface area contributed by atoms with E-state index in [9.17, 15) is 18.0 Å². The van der Waals surface area contributed by atoms with Crippen LogP contribution in [0.25, 0.3) is 0 Å². The van der Waals surface area contributed by atoms with E-state index in [1.54, 1.807) is 0 Å². The van der Waals surface area contributed by atoms with E-state index in [1.807, 2.05) is 12.1 Å². The maximum atomic E-state index is 10.6. The van der Waals surface area contributed by atoms with Crippen molar-refractivity contribution in [1.29, 1.82) is 0 Å². The number of ether oxygens (including phenoxy) is 1. The molecule has 0 bridgehead atoms. The largest absolute Gasteiger partial charge is 0.494 e. The normalized spacial score (nSPS) is 10.9. The van der Waals surface area contributed by atoms with Crippen LogP contribution in [0.3, 0.4) is 0 Å². The molecule has 200 valence electrons. The highest BCUT2D eigenvalue weighted by Crippen LogP contribution is 2.15. The summed E-state index contributed by atoms with van der Waals surface area (Å²) < 4.78 is 37.6.